The van der Waals surface area contributed by atoms with Crippen LogP contribution in [0.2, 0.25) is 0 Å². The van der Waals surface area contributed by atoms with Gasteiger partial charge in [0.25, 0.3) is 0 Å². The summed E-state index contributed by atoms with van der Waals surface area (Å²) in [5.74, 6) is 0.690. The number of carbonyl (C=O) groups excluding carboxylic acids is 1. The lowest BCUT2D eigenvalue weighted by Gasteiger charge is -2.31. The van der Waals surface area contributed by atoms with Crippen LogP contribution in [-0.4, -0.2) is 24.5 Å². The van der Waals surface area contributed by atoms with Gasteiger partial charge in [0.1, 0.15) is 5.75 Å². The third-order valence-corrected chi connectivity index (χ3v) is 5.15. The zero-order chi connectivity index (χ0) is 17.8. The van der Waals surface area contributed by atoms with E-state index in [9.17, 15) is 4.79 Å². The Hall–Kier alpha value is -2.33. The number of amides is 1. The number of hydrogen-bond acceptors (Lipinski definition) is 3. The summed E-state index contributed by atoms with van der Waals surface area (Å²) in [6.45, 7) is 2.70. The first-order valence-corrected chi connectivity index (χ1v) is 8.87. The van der Waals surface area contributed by atoms with Gasteiger partial charge < -0.3 is 15.4 Å². The van der Waals surface area contributed by atoms with Gasteiger partial charge in [-0.25, -0.2) is 0 Å². The molecule has 0 spiro atoms. The van der Waals surface area contributed by atoms with E-state index < -0.39 is 0 Å². The van der Waals surface area contributed by atoms with Gasteiger partial charge in [0.15, 0.2) is 0 Å². The quantitative estimate of drug-likeness (QED) is 0.904. The van der Waals surface area contributed by atoms with Crippen molar-refractivity contribution in [1.82, 2.24) is 4.90 Å². The number of nitrogens with zero attached hydrogens (tertiary/aromatic N) is 1. The monoisotopic (exact) mass is 338 g/mol. The molecule has 1 aliphatic heterocycles. The molecule has 3 rings (SSSR count). The van der Waals surface area contributed by atoms with Gasteiger partial charge in [0, 0.05) is 18.2 Å². The highest BCUT2D eigenvalue weighted by Crippen LogP contribution is 2.38. The van der Waals surface area contributed by atoms with Gasteiger partial charge in [-0.05, 0) is 24.5 Å². The molecular formula is C21H26N2O2. The Morgan fingerprint density at radius 2 is 1.84 bits per heavy atom. The minimum Gasteiger partial charge on any atom is -0.496 e. The van der Waals surface area contributed by atoms with Crippen LogP contribution in [0.15, 0.2) is 54.6 Å². The SMILES string of the molecule is COc1ccccc1C1CCCN1C(=O)C(C)C(N)c1ccccc1. The molecule has 25 heavy (non-hydrogen) atoms. The molecule has 1 fully saturated rings. The highest BCUT2D eigenvalue weighted by atomic mass is 16.5. The molecule has 2 N–H and O–H groups in total. The van der Waals surface area contributed by atoms with Gasteiger partial charge in [0.05, 0.1) is 19.1 Å². The van der Waals surface area contributed by atoms with Crippen molar-refractivity contribution >= 4 is 5.91 Å². The number of methoxy groups -OCH3 is 1. The molecule has 0 saturated carbocycles. The normalized spacial score (nSPS) is 19.5. The number of hydrogen-bond donors (Lipinski definition) is 1. The van der Waals surface area contributed by atoms with Crippen molar-refractivity contribution in [2.45, 2.75) is 31.8 Å². The lowest BCUT2D eigenvalue weighted by molar-refractivity contribution is -0.136. The Morgan fingerprint density at radius 3 is 2.56 bits per heavy atom. The molecule has 1 saturated heterocycles. The van der Waals surface area contributed by atoms with Gasteiger partial charge >= 0.3 is 0 Å². The minimum atomic E-state index is -0.299. The summed E-state index contributed by atoms with van der Waals surface area (Å²) >= 11 is 0. The van der Waals surface area contributed by atoms with Crippen molar-refractivity contribution in [3.63, 3.8) is 0 Å². The molecule has 4 heteroatoms. The minimum absolute atomic E-state index is 0.0640. The molecule has 0 bridgehead atoms. The zero-order valence-electron chi connectivity index (χ0n) is 14.9. The second kappa shape index (κ2) is 7.70. The van der Waals surface area contributed by atoms with Gasteiger partial charge in [-0.3, -0.25) is 4.79 Å². The standard InChI is InChI=1S/C21H26N2O2/c1-15(20(22)16-9-4-3-5-10-16)21(24)23-14-8-12-18(23)17-11-6-7-13-19(17)25-2/h3-7,9-11,13,15,18,20H,8,12,14,22H2,1-2H3. The highest BCUT2D eigenvalue weighted by Gasteiger charge is 2.35. The van der Waals surface area contributed by atoms with E-state index in [1.165, 1.54) is 0 Å². The average Bonchev–Trinajstić information content (AvgIpc) is 3.16. The number of ether oxygens (including phenoxy) is 1. The maximum absolute atomic E-state index is 13.1. The second-order valence-electron chi connectivity index (χ2n) is 6.66. The average molecular weight is 338 g/mol. The number of benzene rings is 2. The first-order chi connectivity index (χ1) is 12.1. The van der Waals surface area contributed by atoms with E-state index in [0.29, 0.717) is 0 Å². The first-order valence-electron chi connectivity index (χ1n) is 8.87. The predicted molar refractivity (Wildman–Crippen MR) is 99.2 cm³/mol. The molecule has 4 nitrogen and oxygen atoms in total. The van der Waals surface area contributed by atoms with Crippen molar-refractivity contribution in [2.75, 3.05) is 13.7 Å². The summed E-state index contributed by atoms with van der Waals surface area (Å²) in [4.78, 5) is 15.1. The Labute approximate surface area is 149 Å². The third-order valence-electron chi connectivity index (χ3n) is 5.15. The molecule has 1 heterocycles. The third kappa shape index (κ3) is 3.54. The number of likely N-dealkylation sites (tertiary alicyclic amines) is 1. The molecule has 0 radical (unpaired) electrons. The van der Waals surface area contributed by atoms with E-state index in [1.54, 1.807) is 7.11 Å². The number of rotatable bonds is 5. The maximum atomic E-state index is 13.1. The van der Waals surface area contributed by atoms with Crippen LogP contribution >= 0.6 is 0 Å². The van der Waals surface area contributed by atoms with Gasteiger partial charge in [-0.2, -0.15) is 0 Å². The van der Waals surface area contributed by atoms with Crippen LogP contribution in [-0.2, 0) is 4.79 Å². The van der Waals surface area contributed by atoms with Crippen LogP contribution in [0.25, 0.3) is 0 Å². The smallest absolute Gasteiger partial charge is 0.227 e. The largest absolute Gasteiger partial charge is 0.496 e. The van der Waals surface area contributed by atoms with Crippen molar-refractivity contribution in [2.24, 2.45) is 11.7 Å². The number of carbonyl (C=O) groups is 1. The lowest BCUT2D eigenvalue weighted by atomic mass is 9.93. The molecule has 1 amide bonds. The van der Waals surface area contributed by atoms with Crippen LogP contribution in [0.4, 0.5) is 0 Å². The molecule has 2 aromatic rings. The second-order valence-corrected chi connectivity index (χ2v) is 6.66. The summed E-state index contributed by atoms with van der Waals surface area (Å²) in [5.41, 5.74) is 8.45. The fourth-order valence-electron chi connectivity index (χ4n) is 3.67. The topological polar surface area (TPSA) is 55.6 Å². The van der Waals surface area contributed by atoms with Crippen molar-refractivity contribution in [3.8, 4) is 5.75 Å². The van der Waals surface area contributed by atoms with E-state index >= 15 is 0 Å². The highest BCUT2D eigenvalue weighted by molar-refractivity contribution is 5.80. The van der Waals surface area contributed by atoms with Gasteiger partial charge in [-0.15, -0.1) is 0 Å². The lowest BCUT2D eigenvalue weighted by Crippen LogP contribution is -2.39. The van der Waals surface area contributed by atoms with Gasteiger partial charge in [-0.1, -0.05) is 55.5 Å². The number of nitrogens with two attached hydrogens (primary N) is 1. The van der Waals surface area contributed by atoms with Crippen molar-refractivity contribution in [3.05, 3.63) is 65.7 Å². The predicted octanol–water partition coefficient (Wildman–Crippen LogP) is 3.69. The van der Waals surface area contributed by atoms with E-state index in [1.807, 2.05) is 60.4 Å². The summed E-state index contributed by atoms with van der Waals surface area (Å²) in [7, 11) is 1.67. The van der Waals surface area contributed by atoms with E-state index in [4.69, 9.17) is 10.5 Å². The fourth-order valence-corrected chi connectivity index (χ4v) is 3.67. The van der Waals surface area contributed by atoms with Crippen molar-refractivity contribution in [1.29, 1.82) is 0 Å². The van der Waals surface area contributed by atoms with E-state index in [-0.39, 0.29) is 23.9 Å². The molecule has 0 aliphatic carbocycles. The van der Waals surface area contributed by atoms with Crippen LogP contribution in [0, 0.1) is 5.92 Å². The fraction of sp³-hybridized carbons (Fsp3) is 0.381. The molecule has 3 unspecified atom stereocenters. The zero-order valence-corrected chi connectivity index (χ0v) is 14.9. The van der Waals surface area contributed by atoms with Gasteiger partial charge in [0.2, 0.25) is 5.91 Å². The van der Waals surface area contributed by atoms with Crippen LogP contribution in [0.5, 0.6) is 5.75 Å². The number of para-hydroxylation sites is 1. The Balaban J connectivity index is 1.81. The van der Waals surface area contributed by atoms with Crippen LogP contribution in [0.3, 0.4) is 0 Å². The van der Waals surface area contributed by atoms with E-state index in [2.05, 4.69) is 6.07 Å². The van der Waals surface area contributed by atoms with Crippen LogP contribution < -0.4 is 10.5 Å². The molecular weight excluding hydrogens is 312 g/mol. The van der Waals surface area contributed by atoms with E-state index in [0.717, 1.165) is 36.3 Å². The summed E-state index contributed by atoms with van der Waals surface area (Å²) in [5, 5.41) is 0. The Kier molecular flexibility index (Phi) is 5.39. The van der Waals surface area contributed by atoms with Crippen molar-refractivity contribution < 1.29 is 9.53 Å². The summed E-state index contributed by atoms with van der Waals surface area (Å²) in [6.07, 6.45) is 1.96. The molecule has 1 aliphatic rings. The van der Waals surface area contributed by atoms with Crippen LogP contribution in [0.1, 0.15) is 43.0 Å². The Morgan fingerprint density at radius 1 is 1.16 bits per heavy atom. The molecule has 2 aromatic carbocycles. The first kappa shape index (κ1) is 17.5. The summed E-state index contributed by atoms with van der Waals surface area (Å²) < 4.78 is 5.50. The Bertz CT molecular complexity index is 717. The maximum Gasteiger partial charge on any atom is 0.227 e. The molecule has 0 aromatic heterocycles. The molecule has 132 valence electrons. The summed E-state index contributed by atoms with van der Waals surface area (Å²) in [6, 6.07) is 17.6. The molecule has 3 atom stereocenters.